The molecule has 20 heavy (non-hydrogen) atoms. The first-order valence-electron chi connectivity index (χ1n) is 5.99. The van der Waals surface area contributed by atoms with E-state index in [1.54, 1.807) is 13.8 Å². The summed E-state index contributed by atoms with van der Waals surface area (Å²) in [4.78, 5) is 23.1. The number of hydrogen-bond acceptors (Lipinski definition) is 3. The fourth-order valence-corrected chi connectivity index (χ4v) is 1.50. The number of carboxylic acids is 1. The van der Waals surface area contributed by atoms with Crippen molar-refractivity contribution in [2.24, 2.45) is 11.1 Å². The summed E-state index contributed by atoms with van der Waals surface area (Å²) in [6.45, 7) is 3.39. The zero-order valence-electron chi connectivity index (χ0n) is 11.2. The third kappa shape index (κ3) is 3.11. The van der Waals surface area contributed by atoms with Crippen LogP contribution in [0.1, 0.15) is 30.6 Å². The van der Waals surface area contributed by atoms with E-state index >= 15 is 0 Å². The number of halogens is 2. The molecule has 0 aliphatic carbocycles. The molecule has 0 heterocycles. The van der Waals surface area contributed by atoms with Crippen molar-refractivity contribution in [3.63, 3.8) is 0 Å². The van der Waals surface area contributed by atoms with Crippen LogP contribution in [0.15, 0.2) is 12.1 Å². The van der Waals surface area contributed by atoms with Gasteiger partial charge in [-0.2, -0.15) is 0 Å². The predicted molar refractivity (Wildman–Crippen MR) is 69.4 cm³/mol. The van der Waals surface area contributed by atoms with Gasteiger partial charge in [-0.05, 0) is 19.4 Å². The van der Waals surface area contributed by atoms with Gasteiger partial charge in [0.2, 0.25) is 5.91 Å². The molecule has 1 amide bonds. The minimum atomic E-state index is -1.47. The molecule has 0 radical (unpaired) electrons. The normalized spacial score (nSPS) is 13.7. The summed E-state index contributed by atoms with van der Waals surface area (Å²) in [6.07, 6.45) is 0.418. The first-order chi connectivity index (χ1) is 9.25. The average Bonchev–Trinajstić information content (AvgIpc) is 2.41. The van der Waals surface area contributed by atoms with Crippen LogP contribution in [0.25, 0.3) is 0 Å². The molecule has 0 aliphatic heterocycles. The van der Waals surface area contributed by atoms with Crippen molar-refractivity contribution in [3.8, 4) is 0 Å². The molecule has 0 spiro atoms. The standard InChI is InChI=1S/C13H16F2N2O3/c1-3-13(2,6-16)12(20)17-10-5-9(15)8(14)4-7(10)11(18)19/h4-5H,3,6,16H2,1-2H3,(H,17,20)(H,18,19). The van der Waals surface area contributed by atoms with Crippen LogP contribution in [0.3, 0.4) is 0 Å². The molecule has 4 N–H and O–H groups in total. The van der Waals surface area contributed by atoms with Crippen LogP contribution in [0.5, 0.6) is 0 Å². The molecule has 7 heteroatoms. The Labute approximate surface area is 114 Å². The number of carboxylic acid groups (broad SMARTS) is 1. The molecular formula is C13H16F2N2O3. The number of carbonyl (C=O) groups is 2. The summed E-state index contributed by atoms with van der Waals surface area (Å²) in [5.41, 5.74) is 3.78. The molecule has 1 aromatic rings. The topological polar surface area (TPSA) is 92.4 Å². The Kier molecular flexibility index (Phi) is 4.78. The third-order valence-electron chi connectivity index (χ3n) is 3.32. The summed E-state index contributed by atoms with van der Waals surface area (Å²) in [7, 11) is 0. The van der Waals surface area contributed by atoms with E-state index in [2.05, 4.69) is 5.32 Å². The number of nitrogens with one attached hydrogen (secondary N) is 1. The maximum atomic E-state index is 13.2. The molecule has 5 nitrogen and oxygen atoms in total. The van der Waals surface area contributed by atoms with Crippen molar-refractivity contribution < 1.29 is 23.5 Å². The van der Waals surface area contributed by atoms with Crippen LogP contribution in [-0.4, -0.2) is 23.5 Å². The molecule has 0 fully saturated rings. The van der Waals surface area contributed by atoms with Gasteiger partial charge in [0.05, 0.1) is 16.7 Å². The second-order valence-electron chi connectivity index (χ2n) is 4.69. The lowest BCUT2D eigenvalue weighted by atomic mass is 9.86. The predicted octanol–water partition coefficient (Wildman–Crippen LogP) is 1.98. The highest BCUT2D eigenvalue weighted by Gasteiger charge is 2.30. The Morgan fingerprint density at radius 1 is 1.35 bits per heavy atom. The van der Waals surface area contributed by atoms with Crippen molar-refractivity contribution in [2.45, 2.75) is 20.3 Å². The summed E-state index contributed by atoms with van der Waals surface area (Å²) >= 11 is 0. The smallest absolute Gasteiger partial charge is 0.337 e. The van der Waals surface area contributed by atoms with E-state index in [4.69, 9.17) is 10.8 Å². The molecule has 0 bridgehead atoms. The Hall–Kier alpha value is -2.02. The monoisotopic (exact) mass is 286 g/mol. The van der Waals surface area contributed by atoms with Gasteiger partial charge in [-0.1, -0.05) is 6.92 Å². The van der Waals surface area contributed by atoms with Crippen LogP contribution in [0, 0.1) is 17.0 Å². The molecular weight excluding hydrogens is 270 g/mol. The molecule has 0 aromatic heterocycles. The number of anilines is 1. The summed E-state index contributed by atoms with van der Waals surface area (Å²) in [5, 5.41) is 11.2. The highest BCUT2D eigenvalue weighted by Crippen LogP contribution is 2.25. The lowest BCUT2D eigenvalue weighted by molar-refractivity contribution is -0.124. The van der Waals surface area contributed by atoms with E-state index in [0.717, 1.165) is 0 Å². The van der Waals surface area contributed by atoms with Crippen molar-refractivity contribution in [1.29, 1.82) is 0 Å². The molecule has 1 rings (SSSR count). The number of nitrogens with two attached hydrogens (primary N) is 1. The number of carbonyl (C=O) groups excluding carboxylic acids is 1. The van der Waals surface area contributed by atoms with Gasteiger partial charge in [0, 0.05) is 12.6 Å². The van der Waals surface area contributed by atoms with Crippen LogP contribution < -0.4 is 11.1 Å². The van der Waals surface area contributed by atoms with E-state index in [-0.39, 0.29) is 12.2 Å². The summed E-state index contributed by atoms with van der Waals surface area (Å²) in [6, 6.07) is 1.17. The molecule has 1 atom stereocenters. The molecule has 0 aliphatic rings. The van der Waals surface area contributed by atoms with Crippen LogP contribution >= 0.6 is 0 Å². The van der Waals surface area contributed by atoms with Crippen molar-refractivity contribution >= 4 is 17.6 Å². The first kappa shape index (κ1) is 16.0. The second-order valence-corrected chi connectivity index (χ2v) is 4.69. The maximum absolute atomic E-state index is 13.2. The highest BCUT2D eigenvalue weighted by atomic mass is 19.2. The van der Waals surface area contributed by atoms with E-state index in [1.165, 1.54) is 0 Å². The molecule has 1 unspecified atom stereocenters. The SMILES string of the molecule is CCC(C)(CN)C(=O)Nc1cc(F)c(F)cc1C(=O)O. The Morgan fingerprint density at radius 3 is 2.35 bits per heavy atom. The maximum Gasteiger partial charge on any atom is 0.337 e. The van der Waals surface area contributed by atoms with Gasteiger partial charge < -0.3 is 16.2 Å². The van der Waals surface area contributed by atoms with E-state index in [1.807, 2.05) is 0 Å². The largest absolute Gasteiger partial charge is 0.478 e. The van der Waals surface area contributed by atoms with Crippen LogP contribution in [-0.2, 0) is 4.79 Å². The van der Waals surface area contributed by atoms with Crippen molar-refractivity contribution in [3.05, 3.63) is 29.3 Å². The zero-order valence-corrected chi connectivity index (χ0v) is 11.2. The lowest BCUT2D eigenvalue weighted by Crippen LogP contribution is -2.39. The van der Waals surface area contributed by atoms with Gasteiger partial charge in [-0.25, -0.2) is 13.6 Å². The summed E-state index contributed by atoms with van der Waals surface area (Å²) in [5.74, 6) is -4.55. The Balaban J connectivity index is 3.18. The lowest BCUT2D eigenvalue weighted by Gasteiger charge is -2.25. The number of aromatic carboxylic acids is 1. The quantitative estimate of drug-likeness (QED) is 0.771. The molecule has 1 aromatic carbocycles. The minimum Gasteiger partial charge on any atom is -0.478 e. The van der Waals surface area contributed by atoms with Gasteiger partial charge in [-0.3, -0.25) is 4.79 Å². The Morgan fingerprint density at radius 2 is 1.90 bits per heavy atom. The average molecular weight is 286 g/mol. The molecule has 110 valence electrons. The number of benzene rings is 1. The number of hydrogen-bond donors (Lipinski definition) is 3. The third-order valence-corrected chi connectivity index (χ3v) is 3.32. The van der Waals surface area contributed by atoms with Crippen LogP contribution in [0.4, 0.5) is 14.5 Å². The Bertz CT molecular complexity index is 543. The van der Waals surface area contributed by atoms with E-state index < -0.39 is 34.5 Å². The number of amides is 1. The highest BCUT2D eigenvalue weighted by molar-refractivity contribution is 6.02. The zero-order chi connectivity index (χ0) is 15.5. The van der Waals surface area contributed by atoms with Gasteiger partial charge in [-0.15, -0.1) is 0 Å². The minimum absolute atomic E-state index is 0.0431. The summed E-state index contributed by atoms with van der Waals surface area (Å²) < 4.78 is 26.2. The fourth-order valence-electron chi connectivity index (χ4n) is 1.50. The fraction of sp³-hybridized carbons (Fsp3) is 0.385. The number of rotatable bonds is 5. The molecule has 0 saturated carbocycles. The van der Waals surface area contributed by atoms with Gasteiger partial charge in [0.15, 0.2) is 11.6 Å². The first-order valence-corrected chi connectivity index (χ1v) is 5.99. The van der Waals surface area contributed by atoms with Gasteiger partial charge >= 0.3 is 5.97 Å². The van der Waals surface area contributed by atoms with E-state index in [0.29, 0.717) is 18.6 Å². The van der Waals surface area contributed by atoms with Gasteiger partial charge in [0.1, 0.15) is 0 Å². The van der Waals surface area contributed by atoms with Crippen molar-refractivity contribution in [1.82, 2.24) is 0 Å². The van der Waals surface area contributed by atoms with Gasteiger partial charge in [0.25, 0.3) is 0 Å². The van der Waals surface area contributed by atoms with Crippen LogP contribution in [0.2, 0.25) is 0 Å². The van der Waals surface area contributed by atoms with E-state index in [9.17, 15) is 18.4 Å². The van der Waals surface area contributed by atoms with Crippen molar-refractivity contribution in [2.75, 3.05) is 11.9 Å². The second kappa shape index (κ2) is 5.96. The molecule has 0 saturated heterocycles.